The number of carbonyl (C=O) groups excluding carboxylic acids is 3. The third kappa shape index (κ3) is 6.86. The van der Waals surface area contributed by atoms with Crippen LogP contribution in [0, 0.1) is 0 Å². The van der Waals surface area contributed by atoms with Gasteiger partial charge in [0.05, 0.1) is 12.3 Å². The number of hydrogen-bond donors (Lipinski definition) is 3. The van der Waals surface area contributed by atoms with Crippen LogP contribution in [0.4, 0.5) is 16.2 Å². The molecule has 1 saturated heterocycles. The number of carbonyl (C=O) groups is 3. The van der Waals surface area contributed by atoms with Crippen molar-refractivity contribution in [3.63, 3.8) is 0 Å². The predicted molar refractivity (Wildman–Crippen MR) is 173 cm³/mol. The summed E-state index contributed by atoms with van der Waals surface area (Å²) in [5.74, 6) is -0.414. The van der Waals surface area contributed by atoms with Crippen molar-refractivity contribution in [2.24, 2.45) is 0 Å². The number of nitrogens with zero attached hydrogens (tertiary/aromatic N) is 3. The molecule has 3 aromatic carbocycles. The van der Waals surface area contributed by atoms with E-state index in [1.807, 2.05) is 112 Å². The van der Waals surface area contributed by atoms with Crippen LogP contribution < -0.4 is 20.3 Å². The van der Waals surface area contributed by atoms with E-state index in [9.17, 15) is 14.4 Å². The van der Waals surface area contributed by atoms with Gasteiger partial charge >= 0.3 is 6.03 Å². The van der Waals surface area contributed by atoms with Gasteiger partial charge in [-0.1, -0.05) is 49.4 Å². The Balaban J connectivity index is 1.40. The van der Waals surface area contributed by atoms with E-state index >= 15 is 0 Å². The molecule has 4 aromatic rings. The number of aromatic amines is 1. The summed E-state index contributed by atoms with van der Waals surface area (Å²) in [5.41, 5.74) is 4.18. The Labute approximate surface area is 258 Å². The smallest absolute Gasteiger partial charge is 0.318 e. The van der Waals surface area contributed by atoms with E-state index in [2.05, 4.69) is 15.6 Å². The molecule has 2 atom stereocenters. The Kier molecular flexibility index (Phi) is 9.50. The van der Waals surface area contributed by atoms with Crippen LogP contribution in [0.15, 0.2) is 79.0 Å². The summed E-state index contributed by atoms with van der Waals surface area (Å²) >= 11 is 0. The van der Waals surface area contributed by atoms with E-state index in [0.29, 0.717) is 37.7 Å². The molecule has 1 aromatic heterocycles. The number of urea groups is 1. The molecule has 3 N–H and O–H groups in total. The summed E-state index contributed by atoms with van der Waals surface area (Å²) in [7, 11) is 3.96. The summed E-state index contributed by atoms with van der Waals surface area (Å²) < 4.78 is 5.83. The average Bonchev–Trinajstić information content (AvgIpc) is 3.45. The van der Waals surface area contributed by atoms with E-state index in [1.165, 1.54) is 4.90 Å². The summed E-state index contributed by atoms with van der Waals surface area (Å²) in [5, 5.41) is 6.99. The van der Waals surface area contributed by atoms with Gasteiger partial charge in [-0.15, -0.1) is 0 Å². The zero-order chi connectivity index (χ0) is 31.2. The average molecular weight is 597 g/mol. The first-order valence-corrected chi connectivity index (χ1v) is 14.9. The molecule has 5 rings (SSSR count). The van der Waals surface area contributed by atoms with Crippen molar-refractivity contribution in [1.29, 1.82) is 0 Å². The summed E-state index contributed by atoms with van der Waals surface area (Å²) in [6.07, 6.45) is 1.88. The fourth-order valence-electron chi connectivity index (χ4n) is 5.65. The number of H-pyrrole nitrogens is 1. The maximum atomic E-state index is 14.1. The van der Waals surface area contributed by atoms with Crippen molar-refractivity contribution < 1.29 is 19.1 Å². The van der Waals surface area contributed by atoms with Gasteiger partial charge in [-0.05, 0) is 62.5 Å². The lowest BCUT2D eigenvalue weighted by atomic mass is 9.92. The molecular formula is C34H40N6O4. The fourth-order valence-corrected chi connectivity index (χ4v) is 5.65. The van der Waals surface area contributed by atoms with Crippen molar-refractivity contribution in [2.45, 2.75) is 32.4 Å². The van der Waals surface area contributed by atoms with E-state index < -0.39 is 18.0 Å². The number of ether oxygens (including phenoxy) is 1. The second kappa shape index (κ2) is 13.6. The molecule has 1 aliphatic rings. The summed E-state index contributed by atoms with van der Waals surface area (Å²) in [4.78, 5) is 49.3. The largest absolute Gasteiger partial charge is 0.492 e. The van der Waals surface area contributed by atoms with Gasteiger partial charge in [-0.25, -0.2) is 4.79 Å². The lowest BCUT2D eigenvalue weighted by Crippen LogP contribution is -2.58. The van der Waals surface area contributed by atoms with Gasteiger partial charge in [-0.2, -0.15) is 0 Å². The summed E-state index contributed by atoms with van der Waals surface area (Å²) in [6.45, 7) is 5.54. The van der Waals surface area contributed by atoms with Crippen LogP contribution in [-0.2, 0) is 16.1 Å². The van der Waals surface area contributed by atoms with Crippen LogP contribution in [0.5, 0.6) is 5.75 Å². The molecule has 230 valence electrons. The number of benzene rings is 3. The van der Waals surface area contributed by atoms with Crippen molar-refractivity contribution in [3.05, 3.63) is 90.1 Å². The molecule has 2 unspecified atom stereocenters. The molecule has 2 heterocycles. The predicted octanol–water partition coefficient (Wildman–Crippen LogP) is 4.80. The van der Waals surface area contributed by atoms with Gasteiger partial charge in [0.1, 0.15) is 18.3 Å². The SMILES string of the molecule is CCOc1ccc(CN(C)C)cc1NC(=O)C(NC(=O)N1CCN(c2ccccc2)C(=O)C1)C(C)c1c[nH]c2ccccc12. The Morgan fingerprint density at radius 1 is 1.02 bits per heavy atom. The molecule has 44 heavy (non-hydrogen) atoms. The first kappa shape index (κ1) is 30.6. The highest BCUT2D eigenvalue weighted by Crippen LogP contribution is 2.31. The van der Waals surface area contributed by atoms with Gasteiger partial charge < -0.3 is 35.1 Å². The van der Waals surface area contributed by atoms with Crippen LogP contribution in [0.1, 0.15) is 30.9 Å². The van der Waals surface area contributed by atoms with Crippen LogP contribution in [0.2, 0.25) is 0 Å². The van der Waals surface area contributed by atoms with Gasteiger partial charge in [0.15, 0.2) is 0 Å². The zero-order valence-corrected chi connectivity index (χ0v) is 25.7. The molecule has 10 nitrogen and oxygen atoms in total. The van der Waals surface area contributed by atoms with Gasteiger partial charge in [0.2, 0.25) is 11.8 Å². The van der Waals surface area contributed by atoms with Gasteiger partial charge in [0, 0.05) is 48.3 Å². The molecule has 1 aliphatic heterocycles. The number of amides is 4. The Hall–Kier alpha value is -4.83. The fraction of sp³-hybridized carbons (Fsp3) is 0.324. The summed E-state index contributed by atoms with van der Waals surface area (Å²) in [6, 6.07) is 21.6. The third-order valence-corrected chi connectivity index (χ3v) is 7.85. The highest BCUT2D eigenvalue weighted by Gasteiger charge is 2.34. The molecule has 10 heteroatoms. The standard InChI is InChI=1S/C34H40N6O4/c1-5-44-30-16-15-24(21-38(3)4)19-29(30)36-33(42)32(23(2)27-20-35-28-14-10-9-13-26(27)28)37-34(43)39-17-18-40(31(41)22-39)25-11-7-6-8-12-25/h6-16,19-20,23,32,35H,5,17-18,21-22H2,1-4H3,(H,36,42)(H,37,43). The van der Waals surface area contributed by atoms with Crippen LogP contribution in [0.25, 0.3) is 10.9 Å². The first-order valence-electron chi connectivity index (χ1n) is 14.9. The molecule has 1 fully saturated rings. The second-order valence-electron chi connectivity index (χ2n) is 11.3. The van der Waals surface area contributed by atoms with Crippen molar-refractivity contribution in [3.8, 4) is 5.75 Å². The van der Waals surface area contributed by atoms with Crippen molar-refractivity contribution >= 4 is 40.1 Å². The van der Waals surface area contributed by atoms with Crippen LogP contribution in [-0.4, -0.2) is 79.0 Å². The number of piperazine rings is 1. The Morgan fingerprint density at radius 3 is 2.50 bits per heavy atom. The van der Waals surface area contributed by atoms with Crippen molar-refractivity contribution in [2.75, 3.05) is 50.6 Å². The highest BCUT2D eigenvalue weighted by molar-refractivity contribution is 6.01. The number of para-hydroxylation sites is 2. The minimum absolute atomic E-state index is 0.0857. The minimum atomic E-state index is -0.948. The molecule has 0 aliphatic carbocycles. The highest BCUT2D eigenvalue weighted by atomic mass is 16.5. The Bertz CT molecular complexity index is 1620. The lowest BCUT2D eigenvalue weighted by Gasteiger charge is -2.35. The number of aromatic nitrogens is 1. The van der Waals surface area contributed by atoms with Gasteiger partial charge in [0.25, 0.3) is 0 Å². The maximum Gasteiger partial charge on any atom is 0.318 e. The monoisotopic (exact) mass is 596 g/mol. The molecule has 0 bridgehead atoms. The zero-order valence-electron chi connectivity index (χ0n) is 25.7. The molecule has 0 saturated carbocycles. The first-order chi connectivity index (χ1) is 21.2. The van der Waals surface area contributed by atoms with E-state index in [0.717, 1.165) is 27.7 Å². The van der Waals surface area contributed by atoms with Gasteiger partial charge in [-0.3, -0.25) is 9.59 Å². The third-order valence-electron chi connectivity index (χ3n) is 7.85. The molecule has 0 radical (unpaired) electrons. The topological polar surface area (TPSA) is 110 Å². The number of hydrogen-bond acceptors (Lipinski definition) is 5. The number of nitrogens with one attached hydrogen (secondary N) is 3. The van der Waals surface area contributed by atoms with Crippen LogP contribution >= 0.6 is 0 Å². The van der Waals surface area contributed by atoms with Crippen LogP contribution in [0.3, 0.4) is 0 Å². The number of anilines is 2. The maximum absolute atomic E-state index is 14.1. The minimum Gasteiger partial charge on any atom is -0.492 e. The molecule has 4 amide bonds. The second-order valence-corrected chi connectivity index (χ2v) is 11.3. The number of rotatable bonds is 10. The van der Waals surface area contributed by atoms with E-state index in [4.69, 9.17) is 4.74 Å². The Morgan fingerprint density at radius 2 is 1.77 bits per heavy atom. The lowest BCUT2D eigenvalue weighted by molar-refractivity contribution is -0.120. The number of fused-ring (bicyclic) bond motifs is 1. The molecule has 0 spiro atoms. The van der Waals surface area contributed by atoms with Crippen molar-refractivity contribution in [1.82, 2.24) is 20.1 Å². The molecular weight excluding hydrogens is 556 g/mol. The quantitative estimate of drug-likeness (QED) is 0.244. The normalized spacial score (nSPS) is 14.9. The van der Waals surface area contributed by atoms with E-state index in [-0.39, 0.29) is 18.4 Å². The van der Waals surface area contributed by atoms with E-state index in [1.54, 1.807) is 4.90 Å².